The average Bonchev–Trinajstić information content (AvgIpc) is 3.27. The second kappa shape index (κ2) is 7.61. The molecule has 0 aliphatic carbocycles. The normalized spacial score (nSPS) is 14.0. The number of fused-ring (bicyclic) bond motifs is 1. The molecule has 0 bridgehead atoms. The van der Waals surface area contributed by atoms with E-state index in [1.165, 1.54) is 5.56 Å². The number of aromatic nitrogens is 2. The van der Waals surface area contributed by atoms with Crippen molar-refractivity contribution in [3.8, 4) is 5.69 Å². The highest BCUT2D eigenvalue weighted by Crippen LogP contribution is 2.36. The molecule has 2 aromatic carbocycles. The lowest BCUT2D eigenvalue weighted by Crippen LogP contribution is -2.23. The van der Waals surface area contributed by atoms with Gasteiger partial charge in [0.05, 0.1) is 17.3 Å². The van der Waals surface area contributed by atoms with E-state index in [-0.39, 0.29) is 11.8 Å². The molecule has 3 aromatic rings. The van der Waals surface area contributed by atoms with Crippen molar-refractivity contribution >= 4 is 23.5 Å². The second-order valence-electron chi connectivity index (χ2n) is 6.87. The van der Waals surface area contributed by atoms with Crippen LogP contribution in [0.1, 0.15) is 41.6 Å². The third kappa shape index (κ3) is 3.52. The topological polar surface area (TPSA) is 46.9 Å². The highest BCUT2D eigenvalue weighted by molar-refractivity contribution is 7.98. The van der Waals surface area contributed by atoms with Crippen LogP contribution in [0.3, 0.4) is 0 Å². The van der Waals surface area contributed by atoms with E-state index < -0.39 is 0 Å². The van der Waals surface area contributed by atoms with E-state index in [4.69, 9.17) is 5.10 Å². The van der Waals surface area contributed by atoms with Gasteiger partial charge < -0.3 is 5.32 Å². The fraction of sp³-hybridized carbons (Fsp3) is 0.273. The van der Waals surface area contributed by atoms with Gasteiger partial charge in [0.25, 0.3) is 0 Å². The Hall–Kier alpha value is -2.53. The summed E-state index contributed by atoms with van der Waals surface area (Å²) < 4.78 is 1.89. The molecule has 0 saturated heterocycles. The van der Waals surface area contributed by atoms with Crippen molar-refractivity contribution in [2.45, 2.75) is 37.7 Å². The summed E-state index contributed by atoms with van der Waals surface area (Å²) in [6.07, 6.45) is 0.755. The first-order chi connectivity index (χ1) is 13.2. The first-order valence-corrected chi connectivity index (χ1v) is 10.4. The predicted octanol–water partition coefficient (Wildman–Crippen LogP) is 5.06. The van der Waals surface area contributed by atoms with Crippen molar-refractivity contribution < 1.29 is 4.79 Å². The SMILES string of the molecule is CCC(C(=O)Nc1c2c(nn1-c1ccc(C)cc1)CSC2)c1ccccc1. The molecule has 0 radical (unpaired) electrons. The number of hydrogen-bond donors (Lipinski definition) is 1. The fourth-order valence-corrected chi connectivity index (χ4v) is 4.51. The van der Waals surface area contributed by atoms with Crippen LogP contribution in [0.5, 0.6) is 0 Å². The van der Waals surface area contributed by atoms with Gasteiger partial charge in [-0.25, -0.2) is 4.68 Å². The van der Waals surface area contributed by atoms with Gasteiger partial charge in [0, 0.05) is 17.1 Å². The number of carbonyl (C=O) groups is 1. The Balaban J connectivity index is 1.69. The molecule has 1 unspecified atom stereocenters. The van der Waals surface area contributed by atoms with Gasteiger partial charge in [-0.2, -0.15) is 16.9 Å². The highest BCUT2D eigenvalue weighted by Gasteiger charge is 2.27. The number of amides is 1. The fourth-order valence-electron chi connectivity index (χ4n) is 3.48. The smallest absolute Gasteiger partial charge is 0.233 e. The lowest BCUT2D eigenvalue weighted by atomic mass is 9.95. The number of carbonyl (C=O) groups excluding carboxylic acids is 1. The van der Waals surface area contributed by atoms with Crippen LogP contribution < -0.4 is 5.32 Å². The Bertz CT molecular complexity index is 948. The van der Waals surface area contributed by atoms with Gasteiger partial charge in [0.2, 0.25) is 5.91 Å². The molecule has 1 atom stereocenters. The van der Waals surface area contributed by atoms with Crippen molar-refractivity contribution in [1.29, 1.82) is 0 Å². The Morgan fingerprint density at radius 3 is 2.59 bits per heavy atom. The van der Waals surface area contributed by atoms with Crippen LogP contribution in [0, 0.1) is 6.92 Å². The lowest BCUT2D eigenvalue weighted by molar-refractivity contribution is -0.117. The summed E-state index contributed by atoms with van der Waals surface area (Å²) in [7, 11) is 0. The molecule has 0 fully saturated rings. The number of hydrogen-bond acceptors (Lipinski definition) is 3. The van der Waals surface area contributed by atoms with E-state index in [1.54, 1.807) is 0 Å². The van der Waals surface area contributed by atoms with Crippen LogP contribution in [-0.2, 0) is 16.3 Å². The Labute approximate surface area is 164 Å². The first kappa shape index (κ1) is 17.9. The Morgan fingerprint density at radius 2 is 1.89 bits per heavy atom. The van der Waals surface area contributed by atoms with Crippen molar-refractivity contribution in [2.24, 2.45) is 0 Å². The van der Waals surface area contributed by atoms with Crippen molar-refractivity contribution in [3.63, 3.8) is 0 Å². The molecule has 1 amide bonds. The number of aryl methyl sites for hydroxylation is 1. The van der Waals surface area contributed by atoms with Crippen LogP contribution >= 0.6 is 11.8 Å². The van der Waals surface area contributed by atoms with Gasteiger partial charge in [0.1, 0.15) is 5.82 Å². The van der Waals surface area contributed by atoms with E-state index in [9.17, 15) is 4.79 Å². The van der Waals surface area contributed by atoms with E-state index in [0.29, 0.717) is 0 Å². The van der Waals surface area contributed by atoms with Crippen molar-refractivity contribution in [3.05, 3.63) is 77.0 Å². The van der Waals surface area contributed by atoms with Crippen LogP contribution in [0.2, 0.25) is 0 Å². The number of anilines is 1. The molecule has 1 N–H and O–H groups in total. The summed E-state index contributed by atoms with van der Waals surface area (Å²) in [6, 6.07) is 18.2. The molecule has 4 rings (SSSR count). The maximum Gasteiger partial charge on any atom is 0.233 e. The van der Waals surface area contributed by atoms with E-state index in [2.05, 4.69) is 43.4 Å². The minimum atomic E-state index is -0.169. The van der Waals surface area contributed by atoms with Gasteiger partial charge in [-0.3, -0.25) is 4.79 Å². The molecule has 1 aliphatic heterocycles. The Kier molecular flexibility index (Phi) is 5.03. The third-order valence-corrected chi connectivity index (χ3v) is 5.97. The molecular weight excluding hydrogens is 354 g/mol. The van der Waals surface area contributed by atoms with Gasteiger partial charge in [-0.05, 0) is 31.0 Å². The highest BCUT2D eigenvalue weighted by atomic mass is 32.2. The summed E-state index contributed by atoms with van der Waals surface area (Å²) >= 11 is 1.84. The van der Waals surface area contributed by atoms with Gasteiger partial charge in [0.15, 0.2) is 0 Å². The van der Waals surface area contributed by atoms with Crippen LogP contribution in [0.25, 0.3) is 5.69 Å². The lowest BCUT2D eigenvalue weighted by Gasteiger charge is -2.17. The van der Waals surface area contributed by atoms with Crippen molar-refractivity contribution in [1.82, 2.24) is 9.78 Å². The molecule has 1 aromatic heterocycles. The standard InChI is InChI=1S/C22H23N3OS/c1-3-18(16-7-5-4-6-8-16)22(26)23-21-19-13-27-14-20(19)24-25(21)17-11-9-15(2)10-12-17/h4-12,18H,3,13-14H2,1-2H3,(H,23,26). The molecule has 0 saturated carbocycles. The summed E-state index contributed by atoms with van der Waals surface area (Å²) in [5.41, 5.74) is 5.45. The number of rotatable bonds is 5. The molecule has 4 nitrogen and oxygen atoms in total. The summed E-state index contributed by atoms with van der Waals surface area (Å²) in [5, 5.41) is 7.98. The zero-order valence-electron chi connectivity index (χ0n) is 15.6. The third-order valence-electron chi connectivity index (χ3n) is 5.00. The van der Waals surface area contributed by atoms with Gasteiger partial charge in [-0.1, -0.05) is 55.0 Å². The molecule has 2 heterocycles. The van der Waals surface area contributed by atoms with Gasteiger partial charge in [-0.15, -0.1) is 0 Å². The van der Waals surface area contributed by atoms with Crippen LogP contribution in [-0.4, -0.2) is 15.7 Å². The maximum atomic E-state index is 13.1. The number of thioether (sulfide) groups is 1. The maximum absolute atomic E-state index is 13.1. The monoisotopic (exact) mass is 377 g/mol. The zero-order chi connectivity index (χ0) is 18.8. The first-order valence-electron chi connectivity index (χ1n) is 9.28. The molecule has 27 heavy (non-hydrogen) atoms. The quantitative estimate of drug-likeness (QED) is 0.676. The molecule has 1 aliphatic rings. The molecular formula is C22H23N3OS. The number of nitrogens with zero attached hydrogens (tertiary/aromatic N) is 2. The van der Waals surface area contributed by atoms with Crippen molar-refractivity contribution in [2.75, 3.05) is 5.32 Å². The van der Waals surface area contributed by atoms with Crippen LogP contribution in [0.15, 0.2) is 54.6 Å². The Morgan fingerprint density at radius 1 is 1.15 bits per heavy atom. The average molecular weight is 378 g/mol. The predicted molar refractivity (Wildman–Crippen MR) is 111 cm³/mol. The largest absolute Gasteiger partial charge is 0.310 e. The molecule has 138 valence electrons. The van der Waals surface area contributed by atoms with E-state index >= 15 is 0 Å². The van der Waals surface area contributed by atoms with Crippen LogP contribution in [0.4, 0.5) is 5.82 Å². The van der Waals surface area contributed by atoms with E-state index in [1.807, 2.05) is 46.8 Å². The summed E-state index contributed by atoms with van der Waals surface area (Å²) in [5.74, 6) is 2.46. The summed E-state index contributed by atoms with van der Waals surface area (Å²) in [4.78, 5) is 13.1. The van der Waals surface area contributed by atoms with E-state index in [0.717, 1.165) is 46.3 Å². The summed E-state index contributed by atoms with van der Waals surface area (Å²) in [6.45, 7) is 4.12. The minimum Gasteiger partial charge on any atom is -0.310 e. The number of benzene rings is 2. The molecule has 0 spiro atoms. The number of nitrogens with one attached hydrogen (secondary N) is 1. The zero-order valence-corrected chi connectivity index (χ0v) is 16.4. The molecule has 5 heteroatoms. The minimum absolute atomic E-state index is 0.0247. The van der Waals surface area contributed by atoms with Gasteiger partial charge >= 0.3 is 0 Å². The second-order valence-corrected chi connectivity index (χ2v) is 7.86.